The number of carbonyl (C=O) groups is 3. The molecular weight excluding hydrogens is 380 g/mol. The van der Waals surface area contributed by atoms with Crippen LogP contribution in [0.2, 0.25) is 0 Å². The minimum Gasteiger partial charge on any atom is -0.342 e. The summed E-state index contributed by atoms with van der Waals surface area (Å²) >= 11 is 0. The van der Waals surface area contributed by atoms with Crippen LogP contribution in [-0.4, -0.2) is 52.1 Å². The first-order valence-corrected chi connectivity index (χ1v) is 10.5. The molecule has 1 aromatic carbocycles. The summed E-state index contributed by atoms with van der Waals surface area (Å²) in [5, 5.41) is 3.02. The molecule has 0 aliphatic carbocycles. The highest BCUT2D eigenvalue weighted by atomic mass is 16.2. The summed E-state index contributed by atoms with van der Waals surface area (Å²) in [6.45, 7) is 1.65. The molecule has 4 heterocycles. The molecule has 1 aromatic heterocycles. The Morgan fingerprint density at radius 2 is 2.03 bits per heavy atom. The van der Waals surface area contributed by atoms with Crippen LogP contribution in [0.3, 0.4) is 0 Å². The van der Waals surface area contributed by atoms with Gasteiger partial charge in [-0.3, -0.25) is 19.4 Å². The lowest BCUT2D eigenvalue weighted by atomic mass is 9.73. The van der Waals surface area contributed by atoms with Crippen molar-refractivity contribution in [2.45, 2.75) is 37.1 Å². The van der Waals surface area contributed by atoms with Crippen molar-refractivity contribution in [1.29, 1.82) is 0 Å². The number of hydrogen-bond donors (Lipinski definition) is 1. The number of fused-ring (bicyclic) bond motifs is 2. The molecule has 154 valence electrons. The van der Waals surface area contributed by atoms with Gasteiger partial charge in [0.1, 0.15) is 5.41 Å². The van der Waals surface area contributed by atoms with E-state index in [1.54, 1.807) is 17.3 Å². The van der Waals surface area contributed by atoms with Crippen molar-refractivity contribution in [2.24, 2.45) is 0 Å². The Balaban J connectivity index is 1.49. The van der Waals surface area contributed by atoms with E-state index in [2.05, 4.69) is 10.3 Å². The molecule has 2 fully saturated rings. The van der Waals surface area contributed by atoms with Crippen LogP contribution in [0.25, 0.3) is 0 Å². The minimum absolute atomic E-state index is 0.0300. The van der Waals surface area contributed by atoms with E-state index in [0.29, 0.717) is 25.9 Å². The van der Waals surface area contributed by atoms with Crippen LogP contribution in [0, 0.1) is 0 Å². The van der Waals surface area contributed by atoms with Crippen molar-refractivity contribution in [2.75, 3.05) is 25.0 Å². The summed E-state index contributed by atoms with van der Waals surface area (Å²) in [6, 6.07) is 11.1. The van der Waals surface area contributed by atoms with E-state index in [1.165, 1.54) is 0 Å². The Morgan fingerprint density at radius 1 is 1.17 bits per heavy atom. The smallest absolute Gasteiger partial charge is 0.237 e. The van der Waals surface area contributed by atoms with E-state index in [4.69, 9.17) is 0 Å². The Kier molecular flexibility index (Phi) is 4.53. The van der Waals surface area contributed by atoms with Crippen LogP contribution in [0.15, 0.2) is 48.8 Å². The molecule has 5 rings (SSSR count). The third kappa shape index (κ3) is 2.80. The number of para-hydroxylation sites is 1. The number of amides is 3. The van der Waals surface area contributed by atoms with Gasteiger partial charge in [0.15, 0.2) is 0 Å². The number of rotatable bonds is 4. The standard InChI is InChI=1S/C23H24N4O3/c28-19-8-4-12-26(19)13-9-20(29)27-14-10-23(21(27)16-5-3-11-24-15-16)17-6-1-2-7-18(17)25-22(23)30/h1-3,5-7,11,15,21H,4,8-10,12-14H2,(H,25,30). The molecular formula is C23H24N4O3. The van der Waals surface area contributed by atoms with Gasteiger partial charge in [-0.25, -0.2) is 0 Å². The summed E-state index contributed by atoms with van der Waals surface area (Å²) < 4.78 is 0. The van der Waals surface area contributed by atoms with Gasteiger partial charge < -0.3 is 15.1 Å². The van der Waals surface area contributed by atoms with Crippen molar-refractivity contribution < 1.29 is 14.4 Å². The van der Waals surface area contributed by atoms with Crippen LogP contribution in [0.4, 0.5) is 5.69 Å². The highest BCUT2D eigenvalue weighted by Gasteiger charge is 2.59. The maximum absolute atomic E-state index is 13.3. The molecule has 0 radical (unpaired) electrons. The van der Waals surface area contributed by atoms with Crippen LogP contribution in [0.1, 0.15) is 42.9 Å². The van der Waals surface area contributed by atoms with Crippen molar-refractivity contribution in [3.63, 3.8) is 0 Å². The molecule has 1 spiro atoms. The van der Waals surface area contributed by atoms with Crippen LogP contribution < -0.4 is 5.32 Å². The number of pyridine rings is 1. The van der Waals surface area contributed by atoms with Gasteiger partial charge in [-0.05, 0) is 36.1 Å². The van der Waals surface area contributed by atoms with Gasteiger partial charge in [-0.2, -0.15) is 0 Å². The molecule has 2 aromatic rings. The second kappa shape index (κ2) is 7.23. The maximum Gasteiger partial charge on any atom is 0.237 e. The number of anilines is 1. The topological polar surface area (TPSA) is 82.6 Å². The van der Waals surface area contributed by atoms with Crippen molar-refractivity contribution in [3.05, 3.63) is 59.9 Å². The molecule has 7 heteroatoms. The summed E-state index contributed by atoms with van der Waals surface area (Å²) in [5.41, 5.74) is 1.79. The molecule has 2 atom stereocenters. The van der Waals surface area contributed by atoms with Crippen LogP contribution in [-0.2, 0) is 19.8 Å². The molecule has 7 nitrogen and oxygen atoms in total. The second-order valence-electron chi connectivity index (χ2n) is 8.23. The van der Waals surface area contributed by atoms with Gasteiger partial charge in [0.25, 0.3) is 0 Å². The fourth-order valence-electron chi connectivity index (χ4n) is 5.27. The van der Waals surface area contributed by atoms with Gasteiger partial charge in [0.2, 0.25) is 17.7 Å². The van der Waals surface area contributed by atoms with Crippen LogP contribution in [0.5, 0.6) is 0 Å². The zero-order valence-corrected chi connectivity index (χ0v) is 16.7. The Bertz CT molecular complexity index is 1010. The minimum atomic E-state index is -0.821. The van der Waals surface area contributed by atoms with E-state index in [9.17, 15) is 14.4 Å². The number of hydrogen-bond acceptors (Lipinski definition) is 4. The predicted octanol–water partition coefficient (Wildman–Crippen LogP) is 2.26. The van der Waals surface area contributed by atoms with Crippen molar-refractivity contribution >= 4 is 23.4 Å². The van der Waals surface area contributed by atoms with Gasteiger partial charge in [0.05, 0.1) is 6.04 Å². The predicted molar refractivity (Wildman–Crippen MR) is 110 cm³/mol. The van der Waals surface area contributed by atoms with Gasteiger partial charge >= 0.3 is 0 Å². The number of carbonyl (C=O) groups excluding carboxylic acids is 3. The molecule has 3 amide bonds. The van der Waals surface area contributed by atoms with E-state index < -0.39 is 11.5 Å². The summed E-state index contributed by atoms with van der Waals surface area (Å²) in [5.74, 6) is 0.0220. The monoisotopic (exact) mass is 404 g/mol. The Labute approximate surface area is 175 Å². The highest BCUT2D eigenvalue weighted by molar-refractivity contribution is 6.07. The zero-order valence-electron chi connectivity index (χ0n) is 16.7. The first-order valence-electron chi connectivity index (χ1n) is 10.5. The lowest BCUT2D eigenvalue weighted by Crippen LogP contribution is -2.43. The third-order valence-corrected chi connectivity index (χ3v) is 6.67. The van der Waals surface area contributed by atoms with Crippen LogP contribution >= 0.6 is 0 Å². The fraction of sp³-hybridized carbons (Fsp3) is 0.391. The normalized spacial score (nSPS) is 25.1. The zero-order chi connectivity index (χ0) is 20.7. The maximum atomic E-state index is 13.3. The quantitative estimate of drug-likeness (QED) is 0.847. The molecule has 2 saturated heterocycles. The Morgan fingerprint density at radius 3 is 2.80 bits per heavy atom. The Hall–Kier alpha value is -3.22. The number of aromatic nitrogens is 1. The number of nitrogens with zero attached hydrogens (tertiary/aromatic N) is 3. The number of benzene rings is 1. The third-order valence-electron chi connectivity index (χ3n) is 6.67. The van der Waals surface area contributed by atoms with Crippen molar-refractivity contribution in [3.8, 4) is 0 Å². The van der Waals surface area contributed by atoms with E-state index in [-0.39, 0.29) is 24.1 Å². The molecule has 1 N–H and O–H groups in total. The van der Waals surface area contributed by atoms with Gasteiger partial charge in [0, 0.05) is 50.6 Å². The molecule has 30 heavy (non-hydrogen) atoms. The lowest BCUT2D eigenvalue weighted by Gasteiger charge is -2.34. The number of likely N-dealkylation sites (tertiary alicyclic amines) is 2. The molecule has 0 saturated carbocycles. The molecule has 0 bridgehead atoms. The molecule has 2 unspecified atom stereocenters. The first kappa shape index (κ1) is 18.8. The average Bonchev–Trinajstić information content (AvgIpc) is 3.44. The van der Waals surface area contributed by atoms with E-state index >= 15 is 0 Å². The van der Waals surface area contributed by atoms with E-state index in [1.807, 2.05) is 41.3 Å². The van der Waals surface area contributed by atoms with Crippen molar-refractivity contribution in [1.82, 2.24) is 14.8 Å². The SMILES string of the molecule is O=C1CCCN1CCC(=O)N1CCC2(C(=O)Nc3ccccc32)C1c1cccnc1. The largest absolute Gasteiger partial charge is 0.342 e. The highest BCUT2D eigenvalue weighted by Crippen LogP contribution is 2.54. The fourth-order valence-corrected chi connectivity index (χ4v) is 5.27. The average molecular weight is 404 g/mol. The first-order chi connectivity index (χ1) is 14.6. The summed E-state index contributed by atoms with van der Waals surface area (Å²) in [6.07, 6.45) is 5.69. The summed E-state index contributed by atoms with van der Waals surface area (Å²) in [7, 11) is 0. The van der Waals surface area contributed by atoms with Gasteiger partial charge in [-0.1, -0.05) is 24.3 Å². The molecule has 3 aliphatic heterocycles. The van der Waals surface area contributed by atoms with Gasteiger partial charge in [-0.15, -0.1) is 0 Å². The molecule has 3 aliphatic rings. The summed E-state index contributed by atoms with van der Waals surface area (Å²) in [4.78, 5) is 46.3. The number of nitrogens with one attached hydrogen (secondary N) is 1. The second-order valence-corrected chi connectivity index (χ2v) is 8.23. The van der Waals surface area contributed by atoms with E-state index in [0.717, 1.165) is 29.8 Å². The lowest BCUT2D eigenvalue weighted by molar-refractivity contribution is -0.134.